The molecule has 130 valence electrons. The summed E-state index contributed by atoms with van der Waals surface area (Å²) in [5.74, 6) is -0.247. The zero-order chi connectivity index (χ0) is 18.2. The number of nitrogens with one attached hydrogen (secondary N) is 2. The average molecular weight is 344 g/mol. The van der Waals surface area contributed by atoms with Crippen molar-refractivity contribution in [1.82, 2.24) is 10.7 Å². The molecule has 2 aromatic rings. The Kier molecular flexibility index (Phi) is 5.99. The molecule has 0 bridgehead atoms. The molecule has 0 unspecified atom stereocenters. The molecule has 0 saturated heterocycles. The predicted octanol–water partition coefficient (Wildman–Crippen LogP) is 2.00. The molecule has 0 aliphatic carbocycles. The van der Waals surface area contributed by atoms with Crippen molar-refractivity contribution < 1.29 is 18.9 Å². The van der Waals surface area contributed by atoms with E-state index in [4.69, 9.17) is 4.42 Å². The van der Waals surface area contributed by atoms with Crippen LogP contribution in [0.1, 0.15) is 29.5 Å². The van der Waals surface area contributed by atoms with Crippen molar-refractivity contribution >= 4 is 23.2 Å². The van der Waals surface area contributed by atoms with Gasteiger partial charge in [-0.1, -0.05) is 6.07 Å². The van der Waals surface area contributed by atoms with Crippen LogP contribution in [0.15, 0.2) is 52.2 Å². The smallest absolute Gasteiger partial charge is 0.271 e. The Labute approximate surface area is 142 Å². The van der Waals surface area contributed by atoms with Gasteiger partial charge in [0.15, 0.2) is 0 Å². The first kappa shape index (κ1) is 17.9. The van der Waals surface area contributed by atoms with Crippen molar-refractivity contribution in [2.24, 2.45) is 5.10 Å². The van der Waals surface area contributed by atoms with Crippen LogP contribution in [0.5, 0.6) is 0 Å². The van der Waals surface area contributed by atoms with E-state index in [0.717, 1.165) is 6.07 Å². The normalized spacial score (nSPS) is 11.0. The number of amides is 2. The van der Waals surface area contributed by atoms with Gasteiger partial charge in [-0.15, -0.1) is 0 Å². The number of hydrogen-bond acceptors (Lipinski definition) is 6. The van der Waals surface area contributed by atoms with E-state index in [1.54, 1.807) is 19.1 Å². The third kappa shape index (κ3) is 5.57. The minimum atomic E-state index is -0.598. The summed E-state index contributed by atoms with van der Waals surface area (Å²) in [6, 6.07) is 8.73. The molecule has 25 heavy (non-hydrogen) atoms. The van der Waals surface area contributed by atoms with Gasteiger partial charge in [0.25, 0.3) is 11.6 Å². The molecule has 0 radical (unpaired) electrons. The number of benzene rings is 1. The highest BCUT2D eigenvalue weighted by atomic mass is 16.6. The van der Waals surface area contributed by atoms with E-state index in [-0.39, 0.29) is 30.1 Å². The number of nitro benzene ring substituents is 1. The van der Waals surface area contributed by atoms with Crippen molar-refractivity contribution in [2.75, 3.05) is 0 Å². The number of hydrazone groups is 1. The van der Waals surface area contributed by atoms with E-state index in [1.165, 1.54) is 24.5 Å². The van der Waals surface area contributed by atoms with Crippen molar-refractivity contribution in [1.29, 1.82) is 0 Å². The van der Waals surface area contributed by atoms with Gasteiger partial charge < -0.3 is 9.73 Å². The molecular weight excluding hydrogens is 328 g/mol. The monoisotopic (exact) mass is 344 g/mol. The van der Waals surface area contributed by atoms with Gasteiger partial charge in [0, 0.05) is 23.4 Å². The number of rotatable bonds is 7. The maximum absolute atomic E-state index is 11.9. The van der Waals surface area contributed by atoms with Crippen LogP contribution >= 0.6 is 0 Å². The summed E-state index contributed by atoms with van der Waals surface area (Å²) >= 11 is 0. The minimum absolute atomic E-state index is 0.00404. The number of hydrogen-bond donors (Lipinski definition) is 2. The van der Waals surface area contributed by atoms with Crippen LogP contribution in [-0.2, 0) is 11.3 Å². The van der Waals surface area contributed by atoms with E-state index in [1.807, 2.05) is 0 Å². The molecule has 0 atom stereocenters. The second kappa shape index (κ2) is 8.39. The zero-order valence-corrected chi connectivity index (χ0v) is 13.4. The molecule has 1 aromatic heterocycles. The highest BCUT2D eigenvalue weighted by molar-refractivity contribution is 6.01. The van der Waals surface area contributed by atoms with Crippen LogP contribution in [0.2, 0.25) is 0 Å². The molecule has 2 N–H and O–H groups in total. The maximum atomic E-state index is 11.9. The van der Waals surface area contributed by atoms with E-state index in [9.17, 15) is 19.7 Å². The van der Waals surface area contributed by atoms with Gasteiger partial charge in [0.2, 0.25) is 5.91 Å². The second-order valence-corrected chi connectivity index (χ2v) is 5.13. The lowest BCUT2D eigenvalue weighted by Gasteiger charge is -2.04. The highest BCUT2D eigenvalue weighted by Crippen LogP contribution is 2.12. The molecule has 1 aromatic carbocycles. The molecule has 0 saturated carbocycles. The van der Waals surface area contributed by atoms with E-state index < -0.39 is 10.8 Å². The van der Waals surface area contributed by atoms with E-state index >= 15 is 0 Å². The van der Waals surface area contributed by atoms with Crippen molar-refractivity contribution in [3.05, 3.63) is 64.1 Å². The summed E-state index contributed by atoms with van der Waals surface area (Å²) in [6.45, 7) is 1.85. The summed E-state index contributed by atoms with van der Waals surface area (Å²) < 4.78 is 5.09. The van der Waals surface area contributed by atoms with Crippen LogP contribution in [0, 0.1) is 10.1 Å². The number of furan rings is 1. The summed E-state index contributed by atoms with van der Waals surface area (Å²) in [5, 5.41) is 17.2. The molecule has 2 amide bonds. The number of carbonyl (C=O) groups is 2. The molecule has 0 aliphatic rings. The van der Waals surface area contributed by atoms with Gasteiger partial charge >= 0.3 is 0 Å². The fourth-order valence-corrected chi connectivity index (χ4v) is 1.90. The first-order valence-electron chi connectivity index (χ1n) is 7.32. The summed E-state index contributed by atoms with van der Waals surface area (Å²) in [6.07, 6.45) is 1.51. The molecule has 9 heteroatoms. The summed E-state index contributed by atoms with van der Waals surface area (Å²) in [7, 11) is 0. The van der Waals surface area contributed by atoms with Crippen LogP contribution in [0.4, 0.5) is 5.69 Å². The van der Waals surface area contributed by atoms with Gasteiger partial charge in [0.1, 0.15) is 5.76 Å². The van der Waals surface area contributed by atoms with Gasteiger partial charge in [-0.3, -0.25) is 19.7 Å². The lowest BCUT2D eigenvalue weighted by molar-refractivity contribution is -0.384. The fraction of sp³-hybridized carbons (Fsp3) is 0.188. The minimum Gasteiger partial charge on any atom is -0.467 e. The van der Waals surface area contributed by atoms with Crippen molar-refractivity contribution in [3.8, 4) is 0 Å². The molecule has 2 rings (SSSR count). The Morgan fingerprint density at radius 2 is 2.08 bits per heavy atom. The third-order valence-electron chi connectivity index (χ3n) is 3.12. The first-order chi connectivity index (χ1) is 12.0. The largest absolute Gasteiger partial charge is 0.467 e. The van der Waals surface area contributed by atoms with E-state index in [2.05, 4.69) is 15.8 Å². The molecule has 0 spiro atoms. The number of carbonyl (C=O) groups excluding carboxylic acids is 2. The lowest BCUT2D eigenvalue weighted by atomic mass is 10.2. The standard InChI is InChI=1S/C16H16N4O5/c1-11(8-15(21)17-10-14-6-3-7-25-14)18-19-16(22)12-4-2-5-13(9-12)20(23)24/h2-7,9H,8,10H2,1H3,(H,17,21)(H,19,22). The molecule has 0 aliphatic heterocycles. The molecule has 0 fully saturated rings. The van der Waals surface area contributed by atoms with E-state index in [0.29, 0.717) is 11.5 Å². The Bertz CT molecular complexity index is 799. The van der Waals surface area contributed by atoms with Gasteiger partial charge in [-0.05, 0) is 25.1 Å². The van der Waals surface area contributed by atoms with Gasteiger partial charge in [-0.2, -0.15) is 5.10 Å². The van der Waals surface area contributed by atoms with Crippen molar-refractivity contribution in [2.45, 2.75) is 19.9 Å². The Morgan fingerprint density at radius 3 is 2.76 bits per heavy atom. The lowest BCUT2D eigenvalue weighted by Crippen LogP contribution is -2.26. The van der Waals surface area contributed by atoms with Crippen molar-refractivity contribution in [3.63, 3.8) is 0 Å². The van der Waals surface area contributed by atoms with Gasteiger partial charge in [0.05, 0.1) is 24.2 Å². The fourth-order valence-electron chi connectivity index (χ4n) is 1.90. The zero-order valence-electron chi connectivity index (χ0n) is 13.4. The Hall–Kier alpha value is -3.49. The van der Waals surface area contributed by atoms with Gasteiger partial charge in [-0.25, -0.2) is 5.43 Å². The van der Waals surface area contributed by atoms with Crippen LogP contribution in [-0.4, -0.2) is 22.4 Å². The predicted molar refractivity (Wildman–Crippen MR) is 88.8 cm³/mol. The SMILES string of the molecule is CC(CC(=O)NCc1ccco1)=NNC(=O)c1cccc([N+](=O)[O-])c1. The summed E-state index contributed by atoms with van der Waals surface area (Å²) in [5.41, 5.74) is 2.57. The Morgan fingerprint density at radius 1 is 1.28 bits per heavy atom. The molecule has 9 nitrogen and oxygen atoms in total. The maximum Gasteiger partial charge on any atom is 0.271 e. The van der Waals surface area contributed by atoms with Crippen LogP contribution in [0.3, 0.4) is 0 Å². The number of non-ortho nitro benzene ring substituents is 1. The topological polar surface area (TPSA) is 127 Å². The van der Waals surface area contributed by atoms with Crippen LogP contribution in [0.25, 0.3) is 0 Å². The highest BCUT2D eigenvalue weighted by Gasteiger charge is 2.11. The first-order valence-corrected chi connectivity index (χ1v) is 7.32. The molecule has 1 heterocycles. The third-order valence-corrected chi connectivity index (χ3v) is 3.12. The number of nitro groups is 1. The summed E-state index contributed by atoms with van der Waals surface area (Å²) in [4.78, 5) is 33.8. The Balaban J connectivity index is 1.85. The second-order valence-electron chi connectivity index (χ2n) is 5.13. The average Bonchev–Trinajstić information content (AvgIpc) is 3.11. The number of nitrogens with zero attached hydrogens (tertiary/aromatic N) is 2. The molecular formula is C16H16N4O5. The quantitative estimate of drug-likeness (QED) is 0.451. The van der Waals surface area contributed by atoms with Crippen LogP contribution < -0.4 is 10.7 Å².